The largest absolute Gasteiger partial charge is 0.452 e. The van der Waals surface area contributed by atoms with E-state index in [1.165, 1.54) is 35.2 Å². The fourth-order valence-electron chi connectivity index (χ4n) is 3.12. The normalized spacial score (nSPS) is 10.2. The maximum Gasteiger partial charge on any atom is 0.339 e. The number of halogens is 2. The number of nitrogens with one attached hydrogen (secondary N) is 1. The molecule has 3 aromatic carbocycles. The molecule has 36 heavy (non-hydrogen) atoms. The lowest BCUT2D eigenvalue weighted by Gasteiger charge is -2.22. The van der Waals surface area contributed by atoms with Crippen molar-refractivity contribution in [3.8, 4) is 6.07 Å². The summed E-state index contributed by atoms with van der Waals surface area (Å²) < 4.78 is 18.3. The Balaban J connectivity index is 1.61. The highest BCUT2D eigenvalue weighted by molar-refractivity contribution is 8.00. The van der Waals surface area contributed by atoms with Gasteiger partial charge in [0.25, 0.3) is 5.91 Å². The zero-order valence-corrected chi connectivity index (χ0v) is 20.5. The quantitative estimate of drug-likeness (QED) is 0.284. The number of hydrogen-bond donors (Lipinski definition) is 1. The Morgan fingerprint density at radius 1 is 1.06 bits per heavy atom. The molecular formula is C26H21ClFN3O4S. The molecule has 0 aliphatic rings. The smallest absolute Gasteiger partial charge is 0.339 e. The summed E-state index contributed by atoms with van der Waals surface area (Å²) in [5.41, 5.74) is 1.15. The molecule has 0 radical (unpaired) electrons. The van der Waals surface area contributed by atoms with E-state index in [0.717, 1.165) is 11.8 Å². The molecule has 0 bridgehead atoms. The van der Waals surface area contributed by atoms with Crippen molar-refractivity contribution in [2.75, 3.05) is 29.1 Å². The molecule has 7 nitrogen and oxygen atoms in total. The van der Waals surface area contributed by atoms with Gasteiger partial charge in [-0.15, -0.1) is 11.8 Å². The van der Waals surface area contributed by atoms with E-state index in [1.54, 1.807) is 42.5 Å². The molecule has 2 amide bonds. The number of carbonyl (C=O) groups excluding carboxylic acids is 3. The van der Waals surface area contributed by atoms with Gasteiger partial charge in [-0.1, -0.05) is 29.8 Å². The first-order valence-electron chi connectivity index (χ1n) is 10.7. The van der Waals surface area contributed by atoms with Crippen LogP contribution in [0.4, 0.5) is 15.8 Å². The minimum absolute atomic E-state index is 0.00267. The van der Waals surface area contributed by atoms with Crippen LogP contribution < -0.4 is 10.2 Å². The minimum Gasteiger partial charge on any atom is -0.452 e. The molecule has 0 saturated heterocycles. The predicted molar refractivity (Wildman–Crippen MR) is 137 cm³/mol. The third-order valence-corrected chi connectivity index (χ3v) is 6.10. The second-order valence-corrected chi connectivity index (χ2v) is 8.80. The predicted octanol–water partition coefficient (Wildman–Crippen LogP) is 5.31. The highest BCUT2D eigenvalue weighted by atomic mass is 35.5. The number of nitrogens with zero attached hydrogens (tertiary/aromatic N) is 2. The average molecular weight is 526 g/mol. The van der Waals surface area contributed by atoms with Crippen molar-refractivity contribution in [2.24, 2.45) is 0 Å². The van der Waals surface area contributed by atoms with Gasteiger partial charge >= 0.3 is 5.97 Å². The Kier molecular flexibility index (Phi) is 9.86. The van der Waals surface area contributed by atoms with Gasteiger partial charge < -0.3 is 15.0 Å². The standard InChI is InChI=1S/C26H21ClFN3O4S/c27-18-5-3-6-21(15-18)31(14-4-13-29)25(33)16-35-26(34)22-7-1-2-8-23(22)36-17-24(32)30-20-11-9-19(28)10-12-20/h1-3,5-12,15H,4,14,16-17H2,(H,30,32). The lowest BCUT2D eigenvalue weighted by molar-refractivity contribution is -0.121. The summed E-state index contributed by atoms with van der Waals surface area (Å²) in [7, 11) is 0. The molecule has 0 atom stereocenters. The molecule has 0 heterocycles. The Morgan fingerprint density at radius 2 is 1.81 bits per heavy atom. The van der Waals surface area contributed by atoms with Crippen molar-refractivity contribution in [2.45, 2.75) is 11.3 Å². The van der Waals surface area contributed by atoms with Crippen LogP contribution in [0, 0.1) is 17.1 Å². The number of thioether (sulfide) groups is 1. The number of amides is 2. The molecule has 1 N–H and O–H groups in total. The number of rotatable bonds is 10. The molecule has 0 aliphatic carbocycles. The first kappa shape index (κ1) is 26.7. The van der Waals surface area contributed by atoms with Gasteiger partial charge in [0.05, 0.1) is 23.8 Å². The molecule has 10 heteroatoms. The Hall–Kier alpha value is -3.87. The summed E-state index contributed by atoms with van der Waals surface area (Å²) in [5.74, 6) is -1.98. The lowest BCUT2D eigenvalue weighted by atomic mass is 10.2. The number of hydrogen-bond acceptors (Lipinski definition) is 6. The van der Waals surface area contributed by atoms with Gasteiger partial charge in [0.2, 0.25) is 5.91 Å². The van der Waals surface area contributed by atoms with Crippen LogP contribution in [-0.4, -0.2) is 36.7 Å². The van der Waals surface area contributed by atoms with Crippen molar-refractivity contribution >= 4 is 52.5 Å². The highest BCUT2D eigenvalue weighted by Crippen LogP contribution is 2.24. The number of nitriles is 1. The van der Waals surface area contributed by atoms with Crippen LogP contribution in [0.25, 0.3) is 0 Å². The maximum atomic E-state index is 13.0. The SMILES string of the molecule is N#CCCN(C(=O)COC(=O)c1ccccc1SCC(=O)Nc1ccc(F)cc1)c1cccc(Cl)c1. The van der Waals surface area contributed by atoms with E-state index < -0.39 is 24.3 Å². The Morgan fingerprint density at radius 3 is 2.53 bits per heavy atom. The fraction of sp³-hybridized carbons (Fsp3) is 0.154. The van der Waals surface area contributed by atoms with Gasteiger partial charge in [-0.3, -0.25) is 9.59 Å². The summed E-state index contributed by atoms with van der Waals surface area (Å²) in [6.45, 7) is -0.427. The first-order valence-corrected chi connectivity index (χ1v) is 12.1. The minimum atomic E-state index is -0.725. The van der Waals surface area contributed by atoms with Crippen LogP contribution in [-0.2, 0) is 14.3 Å². The van der Waals surface area contributed by atoms with E-state index in [9.17, 15) is 18.8 Å². The van der Waals surface area contributed by atoms with Crippen LogP contribution in [0.3, 0.4) is 0 Å². The molecule has 0 unspecified atom stereocenters. The fourth-order valence-corrected chi connectivity index (χ4v) is 4.15. The summed E-state index contributed by atoms with van der Waals surface area (Å²) >= 11 is 7.14. The van der Waals surface area contributed by atoms with Crippen molar-refractivity contribution in [3.63, 3.8) is 0 Å². The van der Waals surface area contributed by atoms with Crippen molar-refractivity contribution in [1.29, 1.82) is 5.26 Å². The van der Waals surface area contributed by atoms with Crippen molar-refractivity contribution < 1.29 is 23.5 Å². The van der Waals surface area contributed by atoms with Gasteiger partial charge in [0, 0.05) is 27.8 Å². The van der Waals surface area contributed by atoms with Gasteiger partial charge in [0.1, 0.15) is 5.82 Å². The molecule has 0 aromatic heterocycles. The molecular weight excluding hydrogens is 505 g/mol. The first-order chi connectivity index (χ1) is 17.4. The zero-order valence-electron chi connectivity index (χ0n) is 18.9. The van der Waals surface area contributed by atoms with Crippen LogP contribution in [0.15, 0.2) is 77.7 Å². The molecule has 0 spiro atoms. The van der Waals surface area contributed by atoms with Gasteiger partial charge in [0.15, 0.2) is 6.61 Å². The topological polar surface area (TPSA) is 99.5 Å². The summed E-state index contributed by atoms with van der Waals surface area (Å²) in [5, 5.41) is 12.0. The molecule has 3 rings (SSSR count). The zero-order chi connectivity index (χ0) is 25.9. The van der Waals surface area contributed by atoms with Gasteiger partial charge in [-0.2, -0.15) is 5.26 Å². The molecule has 0 fully saturated rings. The van der Waals surface area contributed by atoms with Crippen LogP contribution in [0.2, 0.25) is 5.02 Å². The van der Waals surface area contributed by atoms with Crippen LogP contribution in [0.1, 0.15) is 16.8 Å². The molecule has 0 aliphatic heterocycles. The number of carbonyl (C=O) groups is 3. The second kappa shape index (κ2) is 13.3. The molecule has 184 valence electrons. The maximum absolute atomic E-state index is 13.0. The number of ether oxygens (including phenoxy) is 1. The van der Waals surface area contributed by atoms with Gasteiger partial charge in [-0.05, 0) is 54.6 Å². The van der Waals surface area contributed by atoms with E-state index in [0.29, 0.717) is 21.3 Å². The number of anilines is 2. The summed E-state index contributed by atoms with van der Waals surface area (Å²) in [6, 6.07) is 20.5. The van der Waals surface area contributed by atoms with Crippen molar-refractivity contribution in [3.05, 3.63) is 89.2 Å². The average Bonchev–Trinajstić information content (AvgIpc) is 2.88. The number of benzene rings is 3. The monoisotopic (exact) mass is 525 g/mol. The molecule has 0 saturated carbocycles. The lowest BCUT2D eigenvalue weighted by Crippen LogP contribution is -2.35. The second-order valence-electron chi connectivity index (χ2n) is 7.35. The molecule has 3 aromatic rings. The Labute approximate surface area is 216 Å². The number of esters is 1. The van der Waals surface area contributed by atoms with E-state index in [1.807, 2.05) is 6.07 Å². The Bertz CT molecular complexity index is 1280. The van der Waals surface area contributed by atoms with Crippen molar-refractivity contribution in [1.82, 2.24) is 0 Å². The van der Waals surface area contributed by atoms with Gasteiger partial charge in [-0.25, -0.2) is 9.18 Å². The van der Waals surface area contributed by atoms with E-state index >= 15 is 0 Å². The van der Waals surface area contributed by atoms with Crippen LogP contribution >= 0.6 is 23.4 Å². The van der Waals surface area contributed by atoms with E-state index in [2.05, 4.69) is 5.32 Å². The van der Waals surface area contributed by atoms with Crippen LogP contribution in [0.5, 0.6) is 0 Å². The summed E-state index contributed by atoms with van der Waals surface area (Å²) in [6.07, 6.45) is 0.0889. The van der Waals surface area contributed by atoms with E-state index in [4.69, 9.17) is 21.6 Å². The highest BCUT2D eigenvalue weighted by Gasteiger charge is 2.20. The summed E-state index contributed by atoms with van der Waals surface area (Å²) in [4.78, 5) is 39.7. The van der Waals surface area contributed by atoms with E-state index in [-0.39, 0.29) is 30.2 Å². The third kappa shape index (κ3) is 7.83. The third-order valence-electron chi connectivity index (χ3n) is 4.79.